The van der Waals surface area contributed by atoms with Crippen molar-refractivity contribution in [2.75, 3.05) is 0 Å². The molecule has 0 radical (unpaired) electrons. The molecular formula is C38H26F2N6O2. The third-order valence-corrected chi connectivity index (χ3v) is 8.01. The van der Waals surface area contributed by atoms with Gasteiger partial charge in [0, 0.05) is 40.8 Å². The standard InChI is InChI=1S/C23H14FN3O2.C15H12FN3/c24-18-9-5-6-14-12-17(19-10-3-4-11-25-19)20(26-21(14)18)13-27-22(28)15-7-1-2-8-16(15)23(27)29;16-12-5-3-4-10-8-11(13-6-1-2-7-18-13)14(9-17)19-15(10)12/h1-12H,13H2;1-8H,9,17H2. The van der Waals surface area contributed by atoms with Crippen LogP contribution in [0.25, 0.3) is 44.3 Å². The molecule has 1 aliphatic heterocycles. The first-order chi connectivity index (χ1) is 23.4. The Hall–Kier alpha value is -6.26. The minimum absolute atomic E-state index is 0.0669. The van der Waals surface area contributed by atoms with Crippen LogP contribution in [0.3, 0.4) is 0 Å². The van der Waals surface area contributed by atoms with E-state index in [9.17, 15) is 18.4 Å². The van der Waals surface area contributed by atoms with E-state index >= 15 is 0 Å². The summed E-state index contributed by atoms with van der Waals surface area (Å²) in [7, 11) is 0. The van der Waals surface area contributed by atoms with E-state index in [-0.39, 0.29) is 36.2 Å². The van der Waals surface area contributed by atoms with E-state index in [4.69, 9.17) is 5.73 Å². The van der Waals surface area contributed by atoms with Crippen LogP contribution < -0.4 is 5.73 Å². The molecule has 7 aromatic rings. The molecule has 8 nitrogen and oxygen atoms in total. The van der Waals surface area contributed by atoms with Crippen LogP contribution in [0.4, 0.5) is 8.78 Å². The molecule has 2 N–H and O–H groups in total. The van der Waals surface area contributed by atoms with Crippen LogP contribution in [-0.4, -0.2) is 36.7 Å². The van der Waals surface area contributed by atoms with Gasteiger partial charge in [0.1, 0.15) is 22.7 Å². The number of halogens is 2. The molecule has 0 saturated carbocycles. The number of imide groups is 1. The van der Waals surface area contributed by atoms with Crippen LogP contribution in [0.15, 0.2) is 122 Å². The predicted octanol–water partition coefficient (Wildman–Crippen LogP) is 7.13. The van der Waals surface area contributed by atoms with Gasteiger partial charge in [0.2, 0.25) is 0 Å². The van der Waals surface area contributed by atoms with Crippen LogP contribution in [-0.2, 0) is 13.1 Å². The van der Waals surface area contributed by atoms with Gasteiger partial charge in [0.25, 0.3) is 11.8 Å². The van der Waals surface area contributed by atoms with Gasteiger partial charge in [-0.3, -0.25) is 24.5 Å². The largest absolute Gasteiger partial charge is 0.325 e. The fourth-order valence-electron chi connectivity index (χ4n) is 5.70. The van der Waals surface area contributed by atoms with Crippen molar-refractivity contribution in [2.24, 2.45) is 5.73 Å². The topological polar surface area (TPSA) is 115 Å². The number of nitrogens with two attached hydrogens (primary N) is 1. The third-order valence-electron chi connectivity index (χ3n) is 8.01. The number of amides is 2. The Morgan fingerprint density at radius 3 is 1.52 bits per heavy atom. The Kier molecular flexibility index (Phi) is 8.14. The van der Waals surface area contributed by atoms with E-state index in [0.29, 0.717) is 44.7 Å². The summed E-state index contributed by atoms with van der Waals surface area (Å²) in [5.74, 6) is -1.56. The Morgan fingerprint density at radius 1 is 0.562 bits per heavy atom. The Bertz CT molecular complexity index is 2300. The predicted molar refractivity (Wildman–Crippen MR) is 178 cm³/mol. The van der Waals surface area contributed by atoms with Crippen molar-refractivity contribution in [3.05, 3.63) is 156 Å². The molecule has 8 rings (SSSR count). The quantitative estimate of drug-likeness (QED) is 0.200. The molecule has 0 aliphatic carbocycles. The van der Waals surface area contributed by atoms with Crippen molar-refractivity contribution >= 4 is 33.6 Å². The summed E-state index contributed by atoms with van der Waals surface area (Å²) >= 11 is 0. The van der Waals surface area contributed by atoms with Gasteiger partial charge in [0.15, 0.2) is 0 Å². The van der Waals surface area contributed by atoms with Gasteiger partial charge in [0.05, 0.1) is 40.4 Å². The zero-order valence-electron chi connectivity index (χ0n) is 25.3. The van der Waals surface area contributed by atoms with Crippen molar-refractivity contribution in [2.45, 2.75) is 13.1 Å². The van der Waals surface area contributed by atoms with E-state index in [2.05, 4.69) is 19.9 Å². The molecule has 1 aliphatic rings. The second-order valence-electron chi connectivity index (χ2n) is 11.0. The van der Waals surface area contributed by atoms with Crippen molar-refractivity contribution in [1.29, 1.82) is 0 Å². The number of rotatable bonds is 5. The fourth-order valence-corrected chi connectivity index (χ4v) is 5.70. The summed E-state index contributed by atoms with van der Waals surface area (Å²) in [5.41, 5.74) is 11.0. The number of carbonyl (C=O) groups excluding carboxylic acids is 2. The van der Waals surface area contributed by atoms with Crippen molar-refractivity contribution in [1.82, 2.24) is 24.8 Å². The fraction of sp³-hybridized carbons (Fsp3) is 0.0526. The summed E-state index contributed by atoms with van der Waals surface area (Å²) < 4.78 is 28.1. The molecule has 48 heavy (non-hydrogen) atoms. The maximum atomic E-state index is 14.4. The number of hydrogen-bond acceptors (Lipinski definition) is 7. The molecular weight excluding hydrogens is 610 g/mol. The number of hydrogen-bond donors (Lipinski definition) is 1. The van der Waals surface area contributed by atoms with Crippen molar-refractivity contribution in [3.8, 4) is 22.5 Å². The zero-order chi connectivity index (χ0) is 33.2. The van der Waals surface area contributed by atoms with E-state index in [1.807, 2.05) is 42.5 Å². The lowest BCUT2D eigenvalue weighted by Crippen LogP contribution is -2.29. The minimum atomic E-state index is -0.460. The molecule has 4 aromatic heterocycles. The van der Waals surface area contributed by atoms with Gasteiger partial charge < -0.3 is 5.73 Å². The number of pyridine rings is 4. The molecule has 10 heteroatoms. The summed E-state index contributed by atoms with van der Waals surface area (Å²) in [4.78, 5) is 44.2. The van der Waals surface area contributed by atoms with Crippen LogP contribution in [0.2, 0.25) is 0 Å². The lowest BCUT2D eigenvalue weighted by Gasteiger charge is -2.17. The summed E-state index contributed by atoms with van der Waals surface area (Å²) in [6.45, 7) is 0.179. The highest BCUT2D eigenvalue weighted by molar-refractivity contribution is 6.21. The second-order valence-corrected chi connectivity index (χ2v) is 11.0. The molecule has 0 unspecified atom stereocenters. The van der Waals surface area contributed by atoms with Crippen LogP contribution in [0, 0.1) is 11.6 Å². The molecule has 3 aromatic carbocycles. The first-order valence-corrected chi connectivity index (χ1v) is 15.1. The Balaban J connectivity index is 0.000000166. The molecule has 0 atom stereocenters. The third kappa shape index (κ3) is 5.65. The average molecular weight is 637 g/mol. The molecule has 2 amide bonds. The summed E-state index contributed by atoms with van der Waals surface area (Å²) in [6.07, 6.45) is 3.36. The number of benzene rings is 3. The highest BCUT2D eigenvalue weighted by atomic mass is 19.1. The number of para-hydroxylation sites is 2. The molecule has 0 fully saturated rings. The van der Waals surface area contributed by atoms with Crippen molar-refractivity contribution < 1.29 is 18.4 Å². The zero-order valence-corrected chi connectivity index (χ0v) is 25.3. The molecule has 234 valence electrons. The van der Waals surface area contributed by atoms with Gasteiger partial charge in [-0.15, -0.1) is 0 Å². The van der Waals surface area contributed by atoms with E-state index in [1.165, 1.54) is 12.1 Å². The lowest BCUT2D eigenvalue weighted by molar-refractivity contribution is 0.0640. The molecule has 0 spiro atoms. The SMILES string of the molecule is NCc1nc2c(F)cccc2cc1-c1ccccn1.O=C1c2ccccc2C(=O)N1Cc1nc2c(F)cccc2cc1-c1ccccn1. The van der Waals surface area contributed by atoms with Crippen LogP contribution in [0.1, 0.15) is 32.1 Å². The van der Waals surface area contributed by atoms with E-state index in [0.717, 1.165) is 21.5 Å². The van der Waals surface area contributed by atoms with E-state index in [1.54, 1.807) is 67.0 Å². The number of nitrogens with zero attached hydrogens (tertiary/aromatic N) is 5. The smallest absolute Gasteiger partial charge is 0.261 e. The number of aromatic nitrogens is 4. The highest BCUT2D eigenvalue weighted by Gasteiger charge is 2.36. The molecule has 5 heterocycles. The Morgan fingerprint density at radius 2 is 1.04 bits per heavy atom. The first-order valence-electron chi connectivity index (χ1n) is 15.1. The van der Waals surface area contributed by atoms with Gasteiger partial charge in [-0.05, 0) is 60.7 Å². The first kappa shape index (κ1) is 30.4. The average Bonchev–Trinajstić information content (AvgIpc) is 3.37. The molecule has 0 saturated heterocycles. The van der Waals surface area contributed by atoms with Gasteiger partial charge in [-0.25, -0.2) is 18.7 Å². The van der Waals surface area contributed by atoms with Gasteiger partial charge >= 0.3 is 0 Å². The monoisotopic (exact) mass is 636 g/mol. The van der Waals surface area contributed by atoms with Crippen LogP contribution in [0.5, 0.6) is 0 Å². The second kappa shape index (κ2) is 12.9. The molecule has 0 bridgehead atoms. The number of carbonyl (C=O) groups is 2. The lowest BCUT2D eigenvalue weighted by atomic mass is 10.0. The number of fused-ring (bicyclic) bond motifs is 3. The highest BCUT2D eigenvalue weighted by Crippen LogP contribution is 2.31. The van der Waals surface area contributed by atoms with E-state index < -0.39 is 5.82 Å². The summed E-state index contributed by atoms with van der Waals surface area (Å²) in [6, 6.07) is 31.1. The summed E-state index contributed by atoms with van der Waals surface area (Å²) in [5, 5.41) is 1.37. The van der Waals surface area contributed by atoms with Crippen LogP contribution >= 0.6 is 0 Å². The van der Waals surface area contributed by atoms with Crippen molar-refractivity contribution in [3.63, 3.8) is 0 Å². The normalized spacial score (nSPS) is 12.3. The Labute approximate surface area is 273 Å². The van der Waals surface area contributed by atoms with Gasteiger partial charge in [-0.2, -0.15) is 0 Å². The van der Waals surface area contributed by atoms with Gasteiger partial charge in [-0.1, -0.05) is 48.5 Å². The maximum Gasteiger partial charge on any atom is 0.261 e. The minimum Gasteiger partial charge on any atom is -0.325 e. The maximum absolute atomic E-state index is 14.4.